The summed E-state index contributed by atoms with van der Waals surface area (Å²) in [5.41, 5.74) is 0.662. The Morgan fingerprint density at radius 3 is 2.50 bits per heavy atom. The van der Waals surface area contributed by atoms with Crippen molar-refractivity contribution in [1.82, 2.24) is 10.6 Å². The van der Waals surface area contributed by atoms with Crippen molar-refractivity contribution in [3.63, 3.8) is 0 Å². The van der Waals surface area contributed by atoms with E-state index in [1.165, 1.54) is 6.92 Å². The third kappa shape index (κ3) is 3.78. The van der Waals surface area contributed by atoms with Gasteiger partial charge in [0.15, 0.2) is 6.61 Å². The number of carbonyl (C=O) groups excluding carboxylic acids is 2. The SMILES string of the molecule is CC1=C(C(=O)OCC(F)(F)F)[C@H](c2ccccc2)NC(=O)N1. The summed E-state index contributed by atoms with van der Waals surface area (Å²) in [5.74, 6) is -1.13. The molecule has 0 aliphatic carbocycles. The molecular formula is C14H13F3N2O3. The van der Waals surface area contributed by atoms with E-state index in [0.29, 0.717) is 5.56 Å². The molecule has 0 aromatic heterocycles. The maximum atomic E-state index is 12.2. The molecule has 5 nitrogen and oxygen atoms in total. The molecule has 118 valence electrons. The quantitative estimate of drug-likeness (QED) is 0.842. The smallest absolute Gasteiger partial charge is 0.422 e. The molecule has 0 spiro atoms. The number of benzene rings is 1. The Bertz CT molecular complexity index is 612. The van der Waals surface area contributed by atoms with Crippen LogP contribution in [0.1, 0.15) is 18.5 Å². The Morgan fingerprint density at radius 1 is 1.27 bits per heavy atom. The molecule has 2 rings (SSSR count). The number of hydrogen-bond donors (Lipinski definition) is 2. The summed E-state index contributed by atoms with van der Waals surface area (Å²) in [5, 5.41) is 4.86. The number of nitrogens with one attached hydrogen (secondary N) is 2. The summed E-state index contributed by atoms with van der Waals surface area (Å²) in [7, 11) is 0. The van der Waals surface area contributed by atoms with Crippen molar-refractivity contribution in [3.8, 4) is 0 Å². The van der Waals surface area contributed by atoms with Crippen molar-refractivity contribution in [3.05, 3.63) is 47.2 Å². The Hall–Kier alpha value is -2.51. The lowest BCUT2D eigenvalue weighted by molar-refractivity contribution is -0.183. The molecule has 0 saturated heterocycles. The maximum absolute atomic E-state index is 12.2. The Balaban J connectivity index is 2.29. The highest BCUT2D eigenvalue weighted by Gasteiger charge is 2.35. The number of rotatable bonds is 3. The molecule has 22 heavy (non-hydrogen) atoms. The first-order valence-electron chi connectivity index (χ1n) is 6.35. The number of ether oxygens (including phenoxy) is 1. The Morgan fingerprint density at radius 2 is 1.91 bits per heavy atom. The number of amides is 2. The molecule has 2 amide bonds. The fourth-order valence-electron chi connectivity index (χ4n) is 2.09. The number of carbonyl (C=O) groups is 2. The fourth-order valence-corrected chi connectivity index (χ4v) is 2.09. The lowest BCUT2D eigenvalue weighted by Crippen LogP contribution is -2.45. The van der Waals surface area contributed by atoms with Gasteiger partial charge in [0, 0.05) is 5.70 Å². The van der Waals surface area contributed by atoms with E-state index < -0.39 is 30.8 Å². The number of halogens is 3. The van der Waals surface area contributed by atoms with Crippen LogP contribution >= 0.6 is 0 Å². The zero-order chi connectivity index (χ0) is 16.3. The lowest BCUT2D eigenvalue weighted by Gasteiger charge is -2.28. The van der Waals surface area contributed by atoms with Crippen LogP contribution in [0.5, 0.6) is 0 Å². The van der Waals surface area contributed by atoms with Crippen LogP contribution in [0.2, 0.25) is 0 Å². The Labute approximate surface area is 124 Å². The van der Waals surface area contributed by atoms with Gasteiger partial charge in [-0.15, -0.1) is 0 Å². The van der Waals surface area contributed by atoms with Crippen LogP contribution in [0.4, 0.5) is 18.0 Å². The second-order valence-electron chi connectivity index (χ2n) is 4.67. The van der Waals surface area contributed by atoms with E-state index in [2.05, 4.69) is 15.4 Å². The second-order valence-corrected chi connectivity index (χ2v) is 4.67. The second kappa shape index (κ2) is 6.08. The van der Waals surface area contributed by atoms with Gasteiger partial charge in [0.2, 0.25) is 0 Å². The normalized spacial score (nSPS) is 18.5. The van der Waals surface area contributed by atoms with Gasteiger partial charge in [-0.1, -0.05) is 30.3 Å². The van der Waals surface area contributed by atoms with E-state index in [1.807, 2.05) is 0 Å². The molecule has 0 unspecified atom stereocenters. The minimum atomic E-state index is -4.61. The Kier molecular flexibility index (Phi) is 4.39. The molecule has 1 aliphatic heterocycles. The van der Waals surface area contributed by atoms with Crippen LogP contribution in [-0.2, 0) is 9.53 Å². The van der Waals surface area contributed by atoms with Crippen molar-refractivity contribution in [2.45, 2.75) is 19.1 Å². The summed E-state index contributed by atoms with van der Waals surface area (Å²) < 4.78 is 40.8. The van der Waals surface area contributed by atoms with Crippen LogP contribution in [0.3, 0.4) is 0 Å². The van der Waals surface area contributed by atoms with Gasteiger partial charge in [-0.2, -0.15) is 13.2 Å². The number of hydrogen-bond acceptors (Lipinski definition) is 3. The average Bonchev–Trinajstić information content (AvgIpc) is 2.44. The van der Waals surface area contributed by atoms with Crippen molar-refractivity contribution >= 4 is 12.0 Å². The monoisotopic (exact) mass is 314 g/mol. The molecule has 1 aliphatic rings. The van der Waals surface area contributed by atoms with E-state index in [1.54, 1.807) is 30.3 Å². The van der Waals surface area contributed by atoms with Crippen LogP contribution < -0.4 is 10.6 Å². The summed E-state index contributed by atoms with van der Waals surface area (Å²) in [6, 6.07) is 7.02. The van der Waals surface area contributed by atoms with Gasteiger partial charge in [-0.05, 0) is 12.5 Å². The number of esters is 1. The molecule has 0 bridgehead atoms. The van der Waals surface area contributed by atoms with Gasteiger partial charge in [0.05, 0.1) is 11.6 Å². The molecular weight excluding hydrogens is 301 g/mol. The highest BCUT2D eigenvalue weighted by Crippen LogP contribution is 2.28. The fraction of sp³-hybridized carbons (Fsp3) is 0.286. The molecule has 8 heteroatoms. The third-order valence-electron chi connectivity index (χ3n) is 2.99. The van der Waals surface area contributed by atoms with Crippen molar-refractivity contribution in [2.24, 2.45) is 0 Å². The van der Waals surface area contributed by atoms with Gasteiger partial charge in [0.25, 0.3) is 0 Å². The molecule has 2 N–H and O–H groups in total. The number of alkyl halides is 3. The van der Waals surface area contributed by atoms with E-state index in [0.717, 1.165) is 0 Å². The first-order valence-corrected chi connectivity index (χ1v) is 6.35. The minimum absolute atomic E-state index is 0.0601. The highest BCUT2D eigenvalue weighted by atomic mass is 19.4. The van der Waals surface area contributed by atoms with Crippen molar-refractivity contribution in [2.75, 3.05) is 6.61 Å². The van der Waals surface area contributed by atoms with Crippen molar-refractivity contribution in [1.29, 1.82) is 0 Å². The largest absolute Gasteiger partial charge is 0.453 e. The van der Waals surface area contributed by atoms with E-state index in [-0.39, 0.29) is 11.3 Å². The summed E-state index contributed by atoms with van der Waals surface area (Å²) in [6.45, 7) is -0.253. The predicted molar refractivity (Wildman–Crippen MR) is 70.6 cm³/mol. The summed E-state index contributed by atoms with van der Waals surface area (Å²) in [4.78, 5) is 23.5. The minimum Gasteiger partial charge on any atom is -0.453 e. The van der Waals surface area contributed by atoms with Crippen molar-refractivity contribution < 1.29 is 27.5 Å². The first-order chi connectivity index (χ1) is 10.3. The summed E-state index contributed by atoms with van der Waals surface area (Å²) >= 11 is 0. The molecule has 0 radical (unpaired) electrons. The summed E-state index contributed by atoms with van der Waals surface area (Å²) in [6.07, 6.45) is -4.61. The van der Waals surface area contributed by atoms with Gasteiger partial charge in [0.1, 0.15) is 0 Å². The standard InChI is InChI=1S/C14H13F3N2O3/c1-8-10(12(20)22-7-14(15,16)17)11(19-13(21)18-8)9-5-3-2-4-6-9/h2-6,11H,7H2,1H3,(H2,18,19,21)/t11-/m0/s1. The predicted octanol–water partition coefficient (Wildman–Crippen LogP) is 2.42. The first kappa shape index (κ1) is 15.9. The third-order valence-corrected chi connectivity index (χ3v) is 2.99. The van der Waals surface area contributed by atoms with E-state index in [9.17, 15) is 22.8 Å². The van der Waals surface area contributed by atoms with Crippen LogP contribution in [-0.4, -0.2) is 24.8 Å². The van der Waals surface area contributed by atoms with Crippen LogP contribution in [0.25, 0.3) is 0 Å². The molecule has 1 atom stereocenters. The van der Waals surface area contributed by atoms with E-state index in [4.69, 9.17) is 0 Å². The maximum Gasteiger partial charge on any atom is 0.422 e. The van der Waals surface area contributed by atoms with Gasteiger partial charge < -0.3 is 15.4 Å². The molecule has 0 saturated carbocycles. The number of urea groups is 1. The van der Waals surface area contributed by atoms with Gasteiger partial charge in [-0.3, -0.25) is 0 Å². The molecule has 1 aromatic carbocycles. The zero-order valence-corrected chi connectivity index (χ0v) is 11.5. The molecule has 1 aromatic rings. The van der Waals surface area contributed by atoms with E-state index >= 15 is 0 Å². The van der Waals surface area contributed by atoms with Gasteiger partial charge >= 0.3 is 18.2 Å². The number of allylic oxidation sites excluding steroid dienone is 1. The molecule has 0 fully saturated rings. The average molecular weight is 314 g/mol. The zero-order valence-electron chi connectivity index (χ0n) is 11.5. The van der Waals surface area contributed by atoms with Crippen LogP contribution in [0.15, 0.2) is 41.6 Å². The molecule has 1 heterocycles. The topological polar surface area (TPSA) is 67.4 Å². The lowest BCUT2D eigenvalue weighted by atomic mass is 9.96. The van der Waals surface area contributed by atoms with Crippen LogP contribution in [0, 0.1) is 0 Å². The van der Waals surface area contributed by atoms with Gasteiger partial charge in [-0.25, -0.2) is 9.59 Å². The highest BCUT2D eigenvalue weighted by molar-refractivity contribution is 5.95.